The molecule has 0 fully saturated rings. The average Bonchev–Trinajstić information content (AvgIpc) is 2.77. The maximum absolute atomic E-state index is 12.5. The zero-order valence-electron chi connectivity index (χ0n) is 17.7. The average molecular weight is 458 g/mol. The first kappa shape index (κ1) is 21.9. The van der Waals surface area contributed by atoms with E-state index >= 15 is 0 Å². The van der Waals surface area contributed by atoms with E-state index in [0.29, 0.717) is 25.5 Å². The summed E-state index contributed by atoms with van der Waals surface area (Å²) in [4.78, 5) is 10.9. The quantitative estimate of drug-likeness (QED) is 0.592. The Bertz CT molecular complexity index is 1080. The van der Waals surface area contributed by atoms with Crippen molar-refractivity contribution < 1.29 is 13.0 Å². The first-order valence-electron chi connectivity index (χ1n) is 10.5. The summed E-state index contributed by atoms with van der Waals surface area (Å²) in [6, 6.07) is 16.2. The fraction of sp³-hybridized carbons (Fsp3) is 0.348. The molecule has 8 heteroatoms. The summed E-state index contributed by atoms with van der Waals surface area (Å²) in [7, 11) is -4.33. The monoisotopic (exact) mass is 457 g/mol. The summed E-state index contributed by atoms with van der Waals surface area (Å²) in [5.74, 6) is 0.442. The summed E-state index contributed by atoms with van der Waals surface area (Å²) >= 11 is 1.71. The van der Waals surface area contributed by atoms with E-state index in [1.807, 2.05) is 49.1 Å². The van der Waals surface area contributed by atoms with Gasteiger partial charge in [-0.15, -0.1) is 0 Å². The van der Waals surface area contributed by atoms with Crippen molar-refractivity contribution in [3.05, 3.63) is 60.3 Å². The highest BCUT2D eigenvalue weighted by Gasteiger charge is 2.34. The van der Waals surface area contributed by atoms with Crippen LogP contribution < -0.4 is 4.90 Å². The van der Waals surface area contributed by atoms with E-state index in [1.54, 1.807) is 11.8 Å². The van der Waals surface area contributed by atoms with Gasteiger partial charge in [0.05, 0.1) is 11.4 Å². The van der Waals surface area contributed by atoms with Crippen LogP contribution in [0.1, 0.15) is 26.7 Å². The molecule has 31 heavy (non-hydrogen) atoms. The van der Waals surface area contributed by atoms with Crippen LogP contribution in [-0.2, 0) is 10.1 Å². The fourth-order valence-corrected chi connectivity index (χ4v) is 6.01. The zero-order chi connectivity index (χ0) is 22.0. The van der Waals surface area contributed by atoms with Gasteiger partial charge < -0.3 is 9.80 Å². The molecule has 0 spiro atoms. The number of likely N-dealkylation sites (N-methyl/N-ethyl adjacent to an activating group) is 1. The van der Waals surface area contributed by atoms with Crippen LogP contribution in [0.4, 0.5) is 11.4 Å². The number of allylic oxidation sites excluding steroid dienone is 1. The van der Waals surface area contributed by atoms with Gasteiger partial charge in [0, 0.05) is 35.1 Å². The van der Waals surface area contributed by atoms with Gasteiger partial charge in [-0.05, 0) is 50.1 Å². The molecule has 1 N–H and O–H groups in total. The maximum atomic E-state index is 12.5. The molecule has 1 atom stereocenters. The third-order valence-electron chi connectivity index (χ3n) is 5.67. The van der Waals surface area contributed by atoms with Crippen LogP contribution in [0.2, 0.25) is 0 Å². The Hall–Kier alpha value is -2.29. The van der Waals surface area contributed by atoms with Crippen molar-refractivity contribution >= 4 is 39.1 Å². The molecule has 0 aromatic heterocycles. The summed E-state index contributed by atoms with van der Waals surface area (Å²) in [6.45, 7) is 5.65. The molecule has 2 aliphatic heterocycles. The number of para-hydroxylation sites is 2. The first-order chi connectivity index (χ1) is 14.9. The number of benzene rings is 2. The largest absolute Gasteiger partial charge is 0.355 e. The minimum Gasteiger partial charge on any atom is -0.355 e. The van der Waals surface area contributed by atoms with E-state index in [1.165, 1.54) is 0 Å². The highest BCUT2D eigenvalue weighted by Crippen LogP contribution is 2.47. The molecule has 2 aromatic rings. The molecule has 0 bridgehead atoms. The van der Waals surface area contributed by atoms with Crippen molar-refractivity contribution in [1.82, 2.24) is 4.90 Å². The highest BCUT2D eigenvalue weighted by atomic mass is 32.2. The normalized spacial score (nSPS) is 16.9. The molecule has 6 nitrogen and oxygen atoms in total. The summed E-state index contributed by atoms with van der Waals surface area (Å²) in [5.41, 5.74) is 2.96. The molecule has 164 valence electrons. The number of anilines is 2. The standard InChI is InChI=1S/C23H27N3O3S2/c1-3-17-13-15-25(4-2)23(24-17)22(31(27,28)29)14-16-26-18-9-5-7-11-20(18)30-21-12-8-6-10-19(21)26/h5-13,22H,3-4,14-16H2,1-2H3,(H,27,28,29). The summed E-state index contributed by atoms with van der Waals surface area (Å²) in [5, 5.41) is -1.07. The molecule has 1 unspecified atom stereocenters. The van der Waals surface area contributed by atoms with Crippen LogP contribution in [0.5, 0.6) is 0 Å². The van der Waals surface area contributed by atoms with Gasteiger partial charge in [0.2, 0.25) is 0 Å². The van der Waals surface area contributed by atoms with Gasteiger partial charge in [-0.3, -0.25) is 4.55 Å². The van der Waals surface area contributed by atoms with Gasteiger partial charge in [-0.1, -0.05) is 43.0 Å². The topological polar surface area (TPSA) is 73.2 Å². The Kier molecular flexibility index (Phi) is 6.41. The lowest BCUT2D eigenvalue weighted by molar-refractivity contribution is 0.443. The van der Waals surface area contributed by atoms with Crippen molar-refractivity contribution in [3.8, 4) is 0 Å². The molecular formula is C23H27N3O3S2. The van der Waals surface area contributed by atoms with Crippen LogP contribution in [0, 0.1) is 0 Å². The molecule has 2 heterocycles. The van der Waals surface area contributed by atoms with Crippen molar-refractivity contribution in [3.63, 3.8) is 0 Å². The number of rotatable bonds is 7. The summed E-state index contributed by atoms with van der Waals surface area (Å²) < 4.78 is 35.1. The number of hydrogen-bond donors (Lipinski definition) is 1. The Balaban J connectivity index is 1.68. The van der Waals surface area contributed by atoms with Crippen molar-refractivity contribution in [2.75, 3.05) is 24.5 Å². The Morgan fingerprint density at radius 2 is 1.68 bits per heavy atom. The molecular weight excluding hydrogens is 430 g/mol. The molecule has 0 saturated carbocycles. The lowest BCUT2D eigenvalue weighted by Crippen LogP contribution is -2.46. The molecule has 0 radical (unpaired) electrons. The van der Waals surface area contributed by atoms with E-state index in [0.717, 1.165) is 33.3 Å². The van der Waals surface area contributed by atoms with Crippen molar-refractivity contribution in [1.29, 1.82) is 0 Å². The SMILES string of the molecule is CCC1=CCN(CC)C(C(CCN2c3ccccc3Sc3ccccc32)S(=O)(=O)O)=N1. The lowest BCUT2D eigenvalue weighted by atomic mass is 10.1. The second-order valence-electron chi connectivity index (χ2n) is 7.54. The minimum absolute atomic E-state index is 0.235. The highest BCUT2D eigenvalue weighted by molar-refractivity contribution is 7.99. The zero-order valence-corrected chi connectivity index (χ0v) is 19.4. The second-order valence-corrected chi connectivity index (χ2v) is 10.2. The number of hydrogen-bond acceptors (Lipinski definition) is 6. The minimum atomic E-state index is -4.33. The second kappa shape index (κ2) is 9.06. The fourth-order valence-electron chi connectivity index (χ4n) is 4.04. The molecule has 2 aliphatic rings. The predicted molar refractivity (Wildman–Crippen MR) is 127 cm³/mol. The molecule has 0 aliphatic carbocycles. The predicted octanol–water partition coefficient (Wildman–Crippen LogP) is 4.96. The van der Waals surface area contributed by atoms with Gasteiger partial charge in [-0.25, -0.2) is 4.99 Å². The van der Waals surface area contributed by atoms with Crippen LogP contribution in [0.3, 0.4) is 0 Å². The van der Waals surface area contributed by atoms with Gasteiger partial charge in [0.25, 0.3) is 10.1 Å². The van der Waals surface area contributed by atoms with Crippen LogP contribution >= 0.6 is 11.8 Å². The molecule has 0 amide bonds. The molecule has 4 rings (SSSR count). The van der Waals surface area contributed by atoms with Gasteiger partial charge >= 0.3 is 0 Å². The van der Waals surface area contributed by atoms with E-state index < -0.39 is 15.4 Å². The number of aliphatic imine (C=N–C) groups is 1. The Morgan fingerprint density at radius 1 is 1.06 bits per heavy atom. The molecule has 0 saturated heterocycles. The third kappa shape index (κ3) is 4.51. The number of fused-ring (bicyclic) bond motifs is 2. The van der Waals surface area contributed by atoms with E-state index in [4.69, 9.17) is 0 Å². The van der Waals surface area contributed by atoms with Gasteiger partial charge in [0.15, 0.2) is 0 Å². The summed E-state index contributed by atoms with van der Waals surface area (Å²) in [6.07, 6.45) is 2.98. The van der Waals surface area contributed by atoms with E-state index in [-0.39, 0.29) is 6.42 Å². The van der Waals surface area contributed by atoms with Crippen LogP contribution in [0.15, 0.2) is 75.1 Å². The first-order valence-corrected chi connectivity index (χ1v) is 12.9. The number of amidine groups is 1. The van der Waals surface area contributed by atoms with Gasteiger partial charge in [-0.2, -0.15) is 8.42 Å². The lowest BCUT2D eigenvalue weighted by Gasteiger charge is -2.35. The smallest absolute Gasteiger partial charge is 0.275 e. The van der Waals surface area contributed by atoms with Crippen LogP contribution in [-0.4, -0.2) is 48.6 Å². The third-order valence-corrected chi connectivity index (χ3v) is 7.96. The van der Waals surface area contributed by atoms with Crippen molar-refractivity contribution in [2.24, 2.45) is 4.99 Å². The van der Waals surface area contributed by atoms with Crippen LogP contribution in [0.25, 0.3) is 0 Å². The number of nitrogens with zero attached hydrogens (tertiary/aromatic N) is 3. The Labute approximate surface area is 188 Å². The van der Waals surface area contributed by atoms with Crippen molar-refractivity contribution in [2.45, 2.75) is 41.7 Å². The Morgan fingerprint density at radius 3 is 2.23 bits per heavy atom. The van der Waals surface area contributed by atoms with E-state index in [9.17, 15) is 13.0 Å². The van der Waals surface area contributed by atoms with Gasteiger partial charge in [0.1, 0.15) is 11.1 Å². The maximum Gasteiger partial charge on any atom is 0.275 e. The molecule has 2 aromatic carbocycles. The van der Waals surface area contributed by atoms with E-state index in [2.05, 4.69) is 34.2 Å².